The monoisotopic (exact) mass is 485 g/mol. The molecule has 4 aromatic rings. The molecule has 11 heteroatoms. The fourth-order valence-electron chi connectivity index (χ4n) is 3.90. The van der Waals surface area contributed by atoms with Crippen molar-refractivity contribution in [3.63, 3.8) is 0 Å². The number of esters is 1. The van der Waals surface area contributed by atoms with E-state index in [0.29, 0.717) is 11.3 Å². The molecule has 0 bridgehead atoms. The molecule has 0 unspecified atom stereocenters. The summed E-state index contributed by atoms with van der Waals surface area (Å²) >= 11 is 0. The second-order valence-electron chi connectivity index (χ2n) is 7.66. The van der Waals surface area contributed by atoms with E-state index in [-0.39, 0.29) is 28.4 Å². The summed E-state index contributed by atoms with van der Waals surface area (Å²) in [6, 6.07) is 15.2. The third kappa shape index (κ3) is 3.78. The number of ether oxygens (including phenoxy) is 2. The number of rotatable bonds is 6. The minimum absolute atomic E-state index is 0.0283. The van der Waals surface area contributed by atoms with Crippen molar-refractivity contribution in [1.82, 2.24) is 10.1 Å². The second-order valence-corrected chi connectivity index (χ2v) is 7.66. The molecule has 0 amide bonds. The van der Waals surface area contributed by atoms with Gasteiger partial charge in [-0.05, 0) is 36.4 Å². The van der Waals surface area contributed by atoms with Crippen LogP contribution in [0.25, 0.3) is 11.4 Å². The van der Waals surface area contributed by atoms with Crippen LogP contribution in [0.5, 0.6) is 5.75 Å². The van der Waals surface area contributed by atoms with Gasteiger partial charge < -0.3 is 14.0 Å². The van der Waals surface area contributed by atoms with Crippen molar-refractivity contribution in [2.75, 3.05) is 7.11 Å². The molecule has 0 spiro atoms. The van der Waals surface area contributed by atoms with E-state index < -0.39 is 45.9 Å². The summed E-state index contributed by atoms with van der Waals surface area (Å²) in [5.41, 5.74) is -1.07. The molecule has 1 aliphatic carbocycles. The van der Waals surface area contributed by atoms with Gasteiger partial charge in [-0.1, -0.05) is 29.4 Å². The Labute approximate surface area is 202 Å². The molecule has 36 heavy (non-hydrogen) atoms. The summed E-state index contributed by atoms with van der Waals surface area (Å²) in [6.07, 6.45) is 0. The van der Waals surface area contributed by atoms with Crippen LogP contribution in [0.4, 0.5) is 5.69 Å². The lowest BCUT2D eigenvalue weighted by atomic mass is 9.82. The van der Waals surface area contributed by atoms with E-state index >= 15 is 0 Å². The van der Waals surface area contributed by atoms with Crippen molar-refractivity contribution >= 4 is 23.2 Å². The first-order valence-electron chi connectivity index (χ1n) is 10.5. The Morgan fingerprint density at radius 2 is 1.67 bits per heavy atom. The van der Waals surface area contributed by atoms with E-state index in [9.17, 15) is 24.5 Å². The van der Waals surface area contributed by atoms with Gasteiger partial charge in [-0.15, -0.1) is 0 Å². The lowest BCUT2D eigenvalue weighted by Crippen LogP contribution is -2.23. The Kier molecular flexibility index (Phi) is 5.57. The van der Waals surface area contributed by atoms with Crippen LogP contribution < -0.4 is 4.74 Å². The van der Waals surface area contributed by atoms with Gasteiger partial charge in [0.25, 0.3) is 11.6 Å². The molecule has 0 fully saturated rings. The van der Waals surface area contributed by atoms with E-state index in [0.717, 1.165) is 6.07 Å². The molecule has 178 valence electrons. The summed E-state index contributed by atoms with van der Waals surface area (Å²) in [7, 11) is 1.54. The summed E-state index contributed by atoms with van der Waals surface area (Å²) < 4.78 is 15.4. The van der Waals surface area contributed by atoms with Gasteiger partial charge in [0.05, 0.1) is 12.0 Å². The van der Waals surface area contributed by atoms with Gasteiger partial charge >= 0.3 is 5.97 Å². The maximum Gasteiger partial charge on any atom is 0.345 e. The Hall–Kier alpha value is -5.19. The van der Waals surface area contributed by atoms with Crippen LogP contribution in [0.2, 0.25) is 0 Å². The minimum Gasteiger partial charge on any atom is -0.497 e. The lowest BCUT2D eigenvalue weighted by molar-refractivity contribution is -0.385. The number of methoxy groups -OCH3 is 1. The molecule has 1 aliphatic rings. The predicted octanol–water partition coefficient (Wildman–Crippen LogP) is 3.79. The lowest BCUT2D eigenvalue weighted by Gasteiger charge is -2.18. The summed E-state index contributed by atoms with van der Waals surface area (Å²) in [5, 5.41) is 15.8. The Bertz CT molecular complexity index is 1560. The fourth-order valence-corrected chi connectivity index (χ4v) is 3.90. The van der Waals surface area contributed by atoms with Crippen LogP contribution >= 0.6 is 0 Å². The molecule has 0 aliphatic heterocycles. The van der Waals surface area contributed by atoms with Crippen LogP contribution in [-0.4, -0.2) is 39.7 Å². The largest absolute Gasteiger partial charge is 0.497 e. The zero-order valence-corrected chi connectivity index (χ0v) is 18.6. The fraction of sp³-hybridized carbons (Fsp3) is 0.0800. The van der Waals surface area contributed by atoms with Gasteiger partial charge in [0.1, 0.15) is 16.9 Å². The minimum atomic E-state index is -1.09. The van der Waals surface area contributed by atoms with Crippen molar-refractivity contribution in [2.24, 2.45) is 0 Å². The third-order valence-electron chi connectivity index (χ3n) is 5.61. The number of benzene rings is 3. The van der Waals surface area contributed by atoms with Gasteiger partial charge in [0.2, 0.25) is 11.6 Å². The number of fused-ring (bicyclic) bond motifs is 2. The topological polar surface area (TPSA) is 152 Å². The molecule has 0 saturated heterocycles. The molecular formula is C25H15N3O8. The number of nitro benzene ring substituents is 1. The van der Waals surface area contributed by atoms with Gasteiger partial charge in [-0.2, -0.15) is 4.98 Å². The average Bonchev–Trinajstić information content (AvgIpc) is 3.38. The summed E-state index contributed by atoms with van der Waals surface area (Å²) in [6.45, 7) is -0.466. The Morgan fingerprint density at radius 1 is 0.972 bits per heavy atom. The highest BCUT2D eigenvalue weighted by molar-refractivity contribution is 6.30. The Balaban J connectivity index is 1.41. The van der Waals surface area contributed by atoms with Crippen molar-refractivity contribution < 1.29 is 33.3 Å². The molecular weight excluding hydrogens is 470 g/mol. The number of ketones is 2. The number of carbonyl (C=O) groups is 3. The molecule has 0 radical (unpaired) electrons. The van der Waals surface area contributed by atoms with Crippen LogP contribution in [0.3, 0.4) is 0 Å². The van der Waals surface area contributed by atoms with E-state index in [1.165, 1.54) is 25.3 Å². The van der Waals surface area contributed by atoms with Crippen LogP contribution in [0.1, 0.15) is 48.1 Å². The number of hydrogen-bond acceptors (Lipinski definition) is 10. The molecule has 1 aromatic heterocycles. The van der Waals surface area contributed by atoms with Gasteiger partial charge in [0.15, 0.2) is 12.4 Å². The summed E-state index contributed by atoms with van der Waals surface area (Å²) in [4.78, 5) is 53.9. The first kappa shape index (κ1) is 22.6. The highest BCUT2D eigenvalue weighted by Crippen LogP contribution is 2.36. The quantitative estimate of drug-likeness (QED) is 0.197. The van der Waals surface area contributed by atoms with Gasteiger partial charge in [-0.25, -0.2) is 4.79 Å². The van der Waals surface area contributed by atoms with Crippen LogP contribution in [-0.2, 0) is 11.3 Å². The highest BCUT2D eigenvalue weighted by atomic mass is 16.6. The van der Waals surface area contributed by atoms with Gasteiger partial charge in [0, 0.05) is 22.3 Å². The number of nitrogens with zero attached hydrogens (tertiary/aromatic N) is 3. The smallest absolute Gasteiger partial charge is 0.345 e. The zero-order valence-electron chi connectivity index (χ0n) is 18.6. The van der Waals surface area contributed by atoms with Crippen molar-refractivity contribution in [2.45, 2.75) is 6.61 Å². The molecule has 0 N–H and O–H groups in total. The second kappa shape index (κ2) is 8.87. The van der Waals surface area contributed by atoms with E-state index in [2.05, 4.69) is 10.1 Å². The van der Waals surface area contributed by atoms with Gasteiger partial charge in [-0.3, -0.25) is 19.7 Å². The maximum atomic E-state index is 13.1. The molecule has 0 atom stereocenters. The number of nitro groups is 1. The summed E-state index contributed by atoms with van der Waals surface area (Å²) in [5.74, 6) is -1.51. The maximum absolute atomic E-state index is 13.1. The van der Waals surface area contributed by atoms with Crippen molar-refractivity contribution in [3.05, 3.63) is 104 Å². The van der Waals surface area contributed by atoms with E-state index in [1.54, 1.807) is 36.4 Å². The van der Waals surface area contributed by atoms with E-state index in [4.69, 9.17) is 14.0 Å². The molecule has 5 rings (SSSR count). The normalized spacial score (nSPS) is 12.0. The number of aromatic nitrogens is 2. The first-order chi connectivity index (χ1) is 17.4. The molecule has 3 aromatic carbocycles. The molecule has 11 nitrogen and oxygen atoms in total. The van der Waals surface area contributed by atoms with Crippen LogP contribution in [0.15, 0.2) is 65.2 Å². The first-order valence-corrected chi connectivity index (χ1v) is 10.5. The zero-order chi connectivity index (χ0) is 25.4. The molecule has 0 saturated carbocycles. The SMILES string of the molecule is COc1ccc(-c2noc(COC(=O)c3ccc4c(c3[N+](=O)[O-])C(=O)c3ccccc3C4=O)n2)cc1. The average molecular weight is 485 g/mol. The number of hydrogen-bond donors (Lipinski definition) is 0. The van der Waals surface area contributed by atoms with Crippen molar-refractivity contribution in [1.29, 1.82) is 0 Å². The van der Waals surface area contributed by atoms with Crippen molar-refractivity contribution in [3.8, 4) is 17.1 Å². The standard InChI is InChI=1S/C25H15N3O8/c1-34-14-8-6-13(7-9-14)24-26-19(36-27-24)12-35-25(31)18-11-10-17-20(21(18)28(32)33)23(30)16-5-3-2-4-15(16)22(17)29/h2-11H,12H2,1H3. The third-order valence-corrected chi connectivity index (χ3v) is 5.61. The van der Waals surface area contributed by atoms with Crippen LogP contribution in [0, 0.1) is 10.1 Å². The van der Waals surface area contributed by atoms with E-state index in [1.807, 2.05) is 0 Å². The number of carbonyl (C=O) groups excluding carboxylic acids is 3. The Morgan fingerprint density at radius 3 is 2.33 bits per heavy atom. The predicted molar refractivity (Wildman–Crippen MR) is 122 cm³/mol. The molecule has 1 heterocycles. The highest BCUT2D eigenvalue weighted by Gasteiger charge is 2.39.